The Kier molecular flexibility index (Phi) is 3.30. The molecule has 0 saturated carbocycles. The number of rotatable bonds is 3. The molecule has 1 atom stereocenters. The average molecular weight is 246 g/mol. The summed E-state index contributed by atoms with van der Waals surface area (Å²) in [6.45, 7) is 1.34. The molecule has 5 N–H and O–H groups in total. The van der Waals surface area contributed by atoms with E-state index in [0.717, 1.165) is 0 Å². The van der Waals surface area contributed by atoms with Gasteiger partial charge in [-0.2, -0.15) is 0 Å². The second-order valence-electron chi connectivity index (χ2n) is 3.81. The van der Waals surface area contributed by atoms with Crippen molar-refractivity contribution in [3.8, 4) is 11.5 Å². The summed E-state index contributed by atoms with van der Waals surface area (Å²) >= 11 is 5.75. The second-order valence-corrected chi connectivity index (χ2v) is 4.18. The van der Waals surface area contributed by atoms with Crippen LogP contribution in [0.25, 0.3) is 0 Å². The van der Waals surface area contributed by atoms with Gasteiger partial charge in [0.2, 0.25) is 0 Å². The van der Waals surface area contributed by atoms with Crippen molar-refractivity contribution in [1.29, 1.82) is 0 Å². The highest BCUT2D eigenvalue weighted by Gasteiger charge is 2.29. The average Bonchev–Trinajstić information content (AvgIpc) is 2.19. The highest BCUT2D eigenvalue weighted by atomic mass is 35.5. The van der Waals surface area contributed by atoms with Crippen LogP contribution in [0.3, 0.4) is 0 Å². The van der Waals surface area contributed by atoms with Crippen LogP contribution in [-0.4, -0.2) is 26.8 Å². The lowest BCUT2D eigenvalue weighted by Gasteiger charge is -2.20. The fourth-order valence-corrected chi connectivity index (χ4v) is 1.43. The fraction of sp³-hybridized carbons (Fsp3) is 0.300. The first kappa shape index (κ1) is 12.6. The predicted molar refractivity (Wildman–Crippen MR) is 58.7 cm³/mol. The van der Waals surface area contributed by atoms with Crippen LogP contribution in [-0.2, 0) is 11.2 Å². The van der Waals surface area contributed by atoms with Gasteiger partial charge in [-0.05, 0) is 18.6 Å². The van der Waals surface area contributed by atoms with Crippen LogP contribution in [0.1, 0.15) is 12.5 Å². The molecule has 0 radical (unpaired) electrons. The molecule has 0 heterocycles. The third kappa shape index (κ3) is 2.37. The SMILES string of the molecule is C[C@](N)(Cc1ccc(O)c(O)c1Cl)C(=O)O. The van der Waals surface area contributed by atoms with Crippen LogP contribution >= 0.6 is 11.6 Å². The molecular weight excluding hydrogens is 234 g/mol. The monoisotopic (exact) mass is 245 g/mol. The summed E-state index contributed by atoms with van der Waals surface area (Å²) in [7, 11) is 0. The van der Waals surface area contributed by atoms with Crippen molar-refractivity contribution in [2.45, 2.75) is 18.9 Å². The highest BCUT2D eigenvalue weighted by molar-refractivity contribution is 6.33. The van der Waals surface area contributed by atoms with E-state index in [1.165, 1.54) is 19.1 Å². The lowest BCUT2D eigenvalue weighted by atomic mass is 9.94. The van der Waals surface area contributed by atoms with Gasteiger partial charge in [0.1, 0.15) is 5.54 Å². The Morgan fingerprint density at radius 1 is 1.50 bits per heavy atom. The zero-order chi connectivity index (χ0) is 12.5. The zero-order valence-electron chi connectivity index (χ0n) is 8.57. The summed E-state index contributed by atoms with van der Waals surface area (Å²) in [6.07, 6.45) is -0.0466. The molecule has 0 saturated heterocycles. The topological polar surface area (TPSA) is 104 Å². The Morgan fingerprint density at radius 3 is 2.56 bits per heavy atom. The zero-order valence-corrected chi connectivity index (χ0v) is 9.32. The standard InChI is InChI=1S/C10H12ClNO4/c1-10(12,9(15)16)4-5-2-3-6(13)8(14)7(5)11/h2-3,13-14H,4,12H2,1H3,(H,15,16)/t10-/m0/s1. The van der Waals surface area contributed by atoms with Crippen LogP contribution in [0.15, 0.2) is 12.1 Å². The lowest BCUT2D eigenvalue weighted by molar-refractivity contribution is -0.142. The smallest absolute Gasteiger partial charge is 0.323 e. The third-order valence-electron chi connectivity index (χ3n) is 2.22. The summed E-state index contributed by atoms with van der Waals surface area (Å²) in [5.41, 5.74) is 4.43. The van der Waals surface area contributed by atoms with Crippen LogP contribution < -0.4 is 5.73 Å². The molecule has 0 aliphatic carbocycles. The second kappa shape index (κ2) is 4.19. The number of aromatic hydroxyl groups is 2. The fourth-order valence-electron chi connectivity index (χ4n) is 1.20. The lowest BCUT2D eigenvalue weighted by Crippen LogP contribution is -2.46. The summed E-state index contributed by atoms with van der Waals surface area (Å²) in [6, 6.07) is 2.65. The van der Waals surface area contributed by atoms with E-state index in [1.54, 1.807) is 0 Å². The van der Waals surface area contributed by atoms with Crippen molar-refractivity contribution in [2.75, 3.05) is 0 Å². The summed E-state index contributed by atoms with van der Waals surface area (Å²) in [4.78, 5) is 10.8. The van der Waals surface area contributed by atoms with Crippen molar-refractivity contribution in [3.05, 3.63) is 22.7 Å². The van der Waals surface area contributed by atoms with E-state index in [0.29, 0.717) is 5.56 Å². The molecular formula is C10H12ClNO4. The van der Waals surface area contributed by atoms with E-state index < -0.39 is 17.3 Å². The normalized spacial score (nSPS) is 14.4. The molecule has 1 rings (SSSR count). The quantitative estimate of drug-likeness (QED) is 0.597. The molecule has 0 amide bonds. The van der Waals surface area contributed by atoms with E-state index in [1.807, 2.05) is 0 Å². The minimum absolute atomic E-state index is 0.0466. The summed E-state index contributed by atoms with van der Waals surface area (Å²) < 4.78 is 0. The number of carbonyl (C=O) groups is 1. The Hall–Kier alpha value is -1.46. The molecule has 0 fully saturated rings. The van der Waals surface area contributed by atoms with Crippen molar-refractivity contribution < 1.29 is 20.1 Å². The van der Waals surface area contributed by atoms with Crippen LogP contribution in [0.5, 0.6) is 11.5 Å². The molecule has 0 aliphatic rings. The molecule has 1 aromatic carbocycles. The van der Waals surface area contributed by atoms with Gasteiger partial charge in [0.05, 0.1) is 5.02 Å². The maximum atomic E-state index is 10.8. The van der Waals surface area contributed by atoms with Crippen molar-refractivity contribution in [1.82, 2.24) is 0 Å². The van der Waals surface area contributed by atoms with E-state index in [4.69, 9.17) is 27.5 Å². The maximum Gasteiger partial charge on any atom is 0.323 e. The van der Waals surface area contributed by atoms with E-state index >= 15 is 0 Å². The van der Waals surface area contributed by atoms with Crippen LogP contribution in [0.4, 0.5) is 0 Å². The first-order valence-corrected chi connectivity index (χ1v) is 4.85. The van der Waals surface area contributed by atoms with E-state index in [-0.39, 0.29) is 17.2 Å². The molecule has 0 spiro atoms. The number of benzene rings is 1. The van der Waals surface area contributed by atoms with Gasteiger partial charge in [-0.15, -0.1) is 0 Å². The first-order chi connectivity index (χ1) is 7.25. The molecule has 16 heavy (non-hydrogen) atoms. The van der Waals surface area contributed by atoms with Gasteiger partial charge in [0, 0.05) is 6.42 Å². The number of halogens is 1. The van der Waals surface area contributed by atoms with E-state index in [9.17, 15) is 9.90 Å². The van der Waals surface area contributed by atoms with Crippen molar-refractivity contribution >= 4 is 17.6 Å². The van der Waals surface area contributed by atoms with Gasteiger partial charge in [-0.3, -0.25) is 4.79 Å². The third-order valence-corrected chi connectivity index (χ3v) is 2.64. The number of carboxylic acids is 1. The Labute approximate surface area is 97.1 Å². The number of nitrogens with two attached hydrogens (primary N) is 1. The first-order valence-electron chi connectivity index (χ1n) is 4.47. The number of aliphatic carboxylic acids is 1. The summed E-state index contributed by atoms with van der Waals surface area (Å²) in [5.74, 6) is -2.00. The van der Waals surface area contributed by atoms with Gasteiger partial charge >= 0.3 is 5.97 Å². The minimum atomic E-state index is -1.48. The highest BCUT2D eigenvalue weighted by Crippen LogP contribution is 2.36. The Morgan fingerprint density at radius 2 is 2.06 bits per heavy atom. The largest absolute Gasteiger partial charge is 0.504 e. The number of hydrogen-bond acceptors (Lipinski definition) is 4. The number of phenols is 2. The minimum Gasteiger partial charge on any atom is -0.504 e. The summed E-state index contributed by atoms with van der Waals surface area (Å²) in [5, 5.41) is 27.3. The van der Waals surface area contributed by atoms with Crippen LogP contribution in [0.2, 0.25) is 5.02 Å². The molecule has 0 aliphatic heterocycles. The molecule has 0 bridgehead atoms. The van der Waals surface area contributed by atoms with Gasteiger partial charge in [-0.1, -0.05) is 17.7 Å². The molecule has 5 nitrogen and oxygen atoms in total. The Balaban J connectivity index is 3.08. The molecule has 6 heteroatoms. The molecule has 0 unspecified atom stereocenters. The van der Waals surface area contributed by atoms with Crippen LogP contribution in [0, 0.1) is 0 Å². The van der Waals surface area contributed by atoms with Gasteiger partial charge in [-0.25, -0.2) is 0 Å². The maximum absolute atomic E-state index is 10.8. The Bertz CT molecular complexity index is 431. The van der Waals surface area contributed by atoms with Gasteiger partial charge < -0.3 is 21.1 Å². The molecule has 88 valence electrons. The van der Waals surface area contributed by atoms with Crippen molar-refractivity contribution in [3.63, 3.8) is 0 Å². The van der Waals surface area contributed by atoms with Crippen molar-refractivity contribution in [2.24, 2.45) is 5.73 Å². The number of hydrogen-bond donors (Lipinski definition) is 4. The molecule has 1 aromatic rings. The predicted octanol–water partition coefficient (Wildman–Crippen LogP) is 1.10. The van der Waals surface area contributed by atoms with E-state index in [2.05, 4.69) is 0 Å². The van der Waals surface area contributed by atoms with Gasteiger partial charge in [0.15, 0.2) is 11.5 Å². The van der Waals surface area contributed by atoms with Gasteiger partial charge in [0.25, 0.3) is 0 Å². The molecule has 0 aromatic heterocycles. The number of carboxylic acid groups (broad SMARTS) is 1. The number of phenolic OH excluding ortho intramolecular Hbond substituents is 2.